The SMILES string of the molecule is CCN(CCCC(C)(N)C(=O)O)c1ccc(C)cc1. The molecule has 1 aromatic rings. The van der Waals surface area contributed by atoms with Crippen LogP contribution in [-0.4, -0.2) is 29.7 Å². The number of rotatable bonds is 7. The van der Waals surface area contributed by atoms with Gasteiger partial charge in [-0.25, -0.2) is 0 Å². The van der Waals surface area contributed by atoms with Gasteiger partial charge in [-0.2, -0.15) is 0 Å². The first kappa shape index (κ1) is 15.5. The van der Waals surface area contributed by atoms with Crippen LogP contribution < -0.4 is 10.6 Å². The maximum atomic E-state index is 10.9. The zero-order valence-corrected chi connectivity index (χ0v) is 12.0. The van der Waals surface area contributed by atoms with Crippen molar-refractivity contribution in [2.45, 2.75) is 39.2 Å². The normalized spacial score (nSPS) is 13.9. The second kappa shape index (κ2) is 6.57. The summed E-state index contributed by atoms with van der Waals surface area (Å²) in [6.45, 7) is 7.44. The summed E-state index contributed by atoms with van der Waals surface area (Å²) in [5.41, 5.74) is 7.00. The minimum absolute atomic E-state index is 0.477. The van der Waals surface area contributed by atoms with Crippen LogP contribution in [0.25, 0.3) is 0 Å². The Labute approximate surface area is 115 Å². The van der Waals surface area contributed by atoms with Crippen LogP contribution in [0.2, 0.25) is 0 Å². The molecule has 0 saturated heterocycles. The zero-order valence-electron chi connectivity index (χ0n) is 12.0. The molecule has 19 heavy (non-hydrogen) atoms. The molecule has 1 rings (SSSR count). The highest BCUT2D eigenvalue weighted by molar-refractivity contribution is 5.77. The average Bonchev–Trinajstić information content (AvgIpc) is 2.36. The predicted octanol–water partition coefficient (Wildman–Crippen LogP) is 2.40. The fourth-order valence-electron chi connectivity index (χ4n) is 1.97. The first-order valence-electron chi connectivity index (χ1n) is 6.70. The van der Waals surface area contributed by atoms with Gasteiger partial charge in [0, 0.05) is 18.8 Å². The van der Waals surface area contributed by atoms with E-state index in [-0.39, 0.29) is 0 Å². The summed E-state index contributed by atoms with van der Waals surface area (Å²) in [6, 6.07) is 8.36. The molecule has 0 radical (unpaired) electrons. The largest absolute Gasteiger partial charge is 0.480 e. The molecule has 3 N–H and O–H groups in total. The van der Waals surface area contributed by atoms with E-state index < -0.39 is 11.5 Å². The van der Waals surface area contributed by atoms with Crippen LogP contribution in [0, 0.1) is 6.92 Å². The van der Waals surface area contributed by atoms with Gasteiger partial charge in [0.15, 0.2) is 0 Å². The van der Waals surface area contributed by atoms with E-state index >= 15 is 0 Å². The number of anilines is 1. The van der Waals surface area contributed by atoms with Crippen LogP contribution >= 0.6 is 0 Å². The van der Waals surface area contributed by atoms with Gasteiger partial charge >= 0.3 is 5.97 Å². The molecule has 0 aromatic heterocycles. The topological polar surface area (TPSA) is 66.6 Å². The smallest absolute Gasteiger partial charge is 0.323 e. The van der Waals surface area contributed by atoms with Gasteiger partial charge in [0.1, 0.15) is 5.54 Å². The molecule has 0 heterocycles. The Bertz CT molecular complexity index is 413. The molecule has 0 fully saturated rings. The van der Waals surface area contributed by atoms with E-state index in [4.69, 9.17) is 10.8 Å². The van der Waals surface area contributed by atoms with Crippen molar-refractivity contribution in [3.8, 4) is 0 Å². The molecule has 0 aliphatic rings. The van der Waals surface area contributed by atoms with E-state index in [2.05, 4.69) is 43.0 Å². The van der Waals surface area contributed by atoms with Crippen molar-refractivity contribution in [1.29, 1.82) is 0 Å². The Hall–Kier alpha value is -1.55. The minimum Gasteiger partial charge on any atom is -0.480 e. The van der Waals surface area contributed by atoms with Gasteiger partial charge in [0.25, 0.3) is 0 Å². The Morgan fingerprint density at radius 1 is 1.37 bits per heavy atom. The van der Waals surface area contributed by atoms with Crippen molar-refractivity contribution in [3.63, 3.8) is 0 Å². The standard InChI is InChI=1S/C15H24N2O2/c1-4-17(13-8-6-12(2)7-9-13)11-5-10-15(3,16)14(18)19/h6-9H,4-5,10-11,16H2,1-3H3,(H,18,19). The van der Waals surface area contributed by atoms with Crippen LogP contribution in [0.3, 0.4) is 0 Å². The Balaban J connectivity index is 2.54. The van der Waals surface area contributed by atoms with Crippen molar-refractivity contribution in [2.24, 2.45) is 5.73 Å². The van der Waals surface area contributed by atoms with E-state index in [1.54, 1.807) is 6.92 Å². The molecule has 0 aliphatic carbocycles. The summed E-state index contributed by atoms with van der Waals surface area (Å²) in [6.07, 6.45) is 1.24. The van der Waals surface area contributed by atoms with Crippen molar-refractivity contribution >= 4 is 11.7 Å². The lowest BCUT2D eigenvalue weighted by Crippen LogP contribution is -2.45. The first-order chi connectivity index (χ1) is 8.86. The van der Waals surface area contributed by atoms with Crippen molar-refractivity contribution in [3.05, 3.63) is 29.8 Å². The maximum Gasteiger partial charge on any atom is 0.323 e. The van der Waals surface area contributed by atoms with E-state index in [0.29, 0.717) is 6.42 Å². The van der Waals surface area contributed by atoms with Gasteiger partial charge in [-0.15, -0.1) is 0 Å². The highest BCUT2D eigenvalue weighted by atomic mass is 16.4. The molecular formula is C15H24N2O2. The van der Waals surface area contributed by atoms with E-state index in [1.807, 2.05) is 0 Å². The molecule has 4 heteroatoms. The number of hydrogen-bond donors (Lipinski definition) is 2. The molecule has 0 aliphatic heterocycles. The molecule has 0 spiro atoms. The summed E-state index contributed by atoms with van der Waals surface area (Å²) >= 11 is 0. The van der Waals surface area contributed by atoms with Gasteiger partial charge in [-0.1, -0.05) is 17.7 Å². The number of nitrogens with two attached hydrogens (primary N) is 1. The molecule has 106 valence electrons. The number of carboxylic acids is 1. The van der Waals surface area contributed by atoms with Crippen molar-refractivity contribution in [2.75, 3.05) is 18.0 Å². The van der Waals surface area contributed by atoms with E-state index in [9.17, 15) is 4.79 Å². The lowest BCUT2D eigenvalue weighted by Gasteiger charge is -2.25. The van der Waals surface area contributed by atoms with Gasteiger partial charge in [0.05, 0.1) is 0 Å². The monoisotopic (exact) mass is 264 g/mol. The third kappa shape index (κ3) is 4.56. The van der Waals surface area contributed by atoms with Crippen LogP contribution in [-0.2, 0) is 4.79 Å². The molecule has 0 bridgehead atoms. The number of carboxylic acid groups (broad SMARTS) is 1. The fourth-order valence-corrected chi connectivity index (χ4v) is 1.97. The predicted molar refractivity (Wildman–Crippen MR) is 78.5 cm³/mol. The highest BCUT2D eigenvalue weighted by Gasteiger charge is 2.27. The third-order valence-corrected chi connectivity index (χ3v) is 3.39. The van der Waals surface area contributed by atoms with Gasteiger partial charge in [-0.3, -0.25) is 4.79 Å². The fraction of sp³-hybridized carbons (Fsp3) is 0.533. The Morgan fingerprint density at radius 2 is 1.95 bits per heavy atom. The molecule has 4 nitrogen and oxygen atoms in total. The number of hydrogen-bond acceptors (Lipinski definition) is 3. The second-order valence-corrected chi connectivity index (χ2v) is 5.24. The minimum atomic E-state index is -1.13. The van der Waals surface area contributed by atoms with Crippen molar-refractivity contribution < 1.29 is 9.90 Å². The lowest BCUT2D eigenvalue weighted by molar-refractivity contribution is -0.142. The molecule has 1 atom stereocenters. The molecule has 1 aromatic carbocycles. The third-order valence-electron chi connectivity index (χ3n) is 3.39. The first-order valence-corrected chi connectivity index (χ1v) is 6.70. The van der Waals surface area contributed by atoms with Crippen LogP contribution in [0.15, 0.2) is 24.3 Å². The molecule has 0 amide bonds. The van der Waals surface area contributed by atoms with Crippen LogP contribution in [0.5, 0.6) is 0 Å². The molecular weight excluding hydrogens is 240 g/mol. The van der Waals surface area contributed by atoms with Gasteiger partial charge < -0.3 is 15.7 Å². The van der Waals surface area contributed by atoms with Crippen LogP contribution in [0.4, 0.5) is 5.69 Å². The van der Waals surface area contributed by atoms with Crippen LogP contribution in [0.1, 0.15) is 32.3 Å². The maximum absolute atomic E-state index is 10.9. The number of benzene rings is 1. The molecule has 0 saturated carbocycles. The van der Waals surface area contributed by atoms with Gasteiger partial charge in [0.2, 0.25) is 0 Å². The summed E-state index contributed by atoms with van der Waals surface area (Å²) in [7, 11) is 0. The average molecular weight is 264 g/mol. The number of aliphatic carboxylic acids is 1. The lowest BCUT2D eigenvalue weighted by atomic mass is 9.97. The van der Waals surface area contributed by atoms with Gasteiger partial charge in [-0.05, 0) is 45.7 Å². The Morgan fingerprint density at radius 3 is 2.42 bits per heavy atom. The Kier molecular flexibility index (Phi) is 5.36. The number of nitrogens with zero attached hydrogens (tertiary/aromatic N) is 1. The number of carbonyl (C=O) groups is 1. The number of aryl methyl sites for hydroxylation is 1. The summed E-state index contributed by atoms with van der Waals surface area (Å²) in [5, 5.41) is 8.97. The second-order valence-electron chi connectivity index (χ2n) is 5.24. The quantitative estimate of drug-likeness (QED) is 0.793. The summed E-state index contributed by atoms with van der Waals surface area (Å²) < 4.78 is 0. The summed E-state index contributed by atoms with van der Waals surface area (Å²) in [4.78, 5) is 13.2. The van der Waals surface area contributed by atoms with E-state index in [0.717, 1.165) is 19.5 Å². The highest BCUT2D eigenvalue weighted by Crippen LogP contribution is 2.17. The summed E-state index contributed by atoms with van der Waals surface area (Å²) in [5.74, 6) is -0.939. The zero-order chi connectivity index (χ0) is 14.5. The van der Waals surface area contributed by atoms with Crippen molar-refractivity contribution in [1.82, 2.24) is 0 Å². The van der Waals surface area contributed by atoms with E-state index in [1.165, 1.54) is 11.3 Å². The molecule has 1 unspecified atom stereocenters.